The predicted octanol–water partition coefficient (Wildman–Crippen LogP) is 1.71. The molecule has 11 heavy (non-hydrogen) atoms. The maximum Gasteiger partial charge on any atom is 0.139 e. The van der Waals surface area contributed by atoms with Crippen LogP contribution in [0.25, 0.3) is 4.83 Å². The Morgan fingerprint density at radius 1 is 1.64 bits per heavy atom. The molecular formula is C6H8ClN3S. The van der Waals surface area contributed by atoms with Crippen molar-refractivity contribution in [1.82, 2.24) is 9.61 Å². The minimum Gasteiger partial charge on any atom is -0.383 e. The van der Waals surface area contributed by atoms with E-state index in [0.717, 1.165) is 15.5 Å². The average molecular weight is 190 g/mol. The van der Waals surface area contributed by atoms with Crippen molar-refractivity contribution in [3.63, 3.8) is 0 Å². The summed E-state index contributed by atoms with van der Waals surface area (Å²) < 4.78 is 1.75. The topological polar surface area (TPSA) is 43.3 Å². The summed E-state index contributed by atoms with van der Waals surface area (Å²) in [6.45, 7) is 1.99. The van der Waals surface area contributed by atoms with Gasteiger partial charge in [-0.05, 0) is 13.0 Å². The summed E-state index contributed by atoms with van der Waals surface area (Å²) in [6, 6.07) is 1.95. The monoisotopic (exact) mass is 189 g/mol. The third kappa shape index (κ3) is 1.08. The van der Waals surface area contributed by atoms with Crippen molar-refractivity contribution in [2.45, 2.75) is 6.92 Å². The van der Waals surface area contributed by atoms with Crippen molar-refractivity contribution in [1.29, 1.82) is 0 Å². The molecule has 0 aliphatic heterocycles. The molecule has 0 aliphatic carbocycles. The molecule has 2 rings (SSSR count). The van der Waals surface area contributed by atoms with E-state index in [4.69, 9.17) is 5.73 Å². The molecule has 0 atom stereocenters. The van der Waals surface area contributed by atoms with E-state index in [1.54, 1.807) is 22.0 Å². The van der Waals surface area contributed by atoms with E-state index in [1.165, 1.54) is 0 Å². The van der Waals surface area contributed by atoms with Crippen molar-refractivity contribution in [2.24, 2.45) is 0 Å². The maximum absolute atomic E-state index is 5.69. The van der Waals surface area contributed by atoms with Crippen LogP contribution in [0.5, 0.6) is 0 Å². The first-order valence-corrected chi connectivity index (χ1v) is 3.79. The molecule has 2 heterocycles. The van der Waals surface area contributed by atoms with Crippen LogP contribution in [0, 0.1) is 6.92 Å². The predicted molar refractivity (Wildman–Crippen MR) is 49.5 cm³/mol. The van der Waals surface area contributed by atoms with Gasteiger partial charge in [0.25, 0.3) is 0 Å². The van der Waals surface area contributed by atoms with Gasteiger partial charge in [0, 0.05) is 4.88 Å². The van der Waals surface area contributed by atoms with Gasteiger partial charge in [-0.25, -0.2) is 4.52 Å². The van der Waals surface area contributed by atoms with Gasteiger partial charge in [-0.3, -0.25) is 0 Å². The van der Waals surface area contributed by atoms with Crippen LogP contribution < -0.4 is 5.73 Å². The number of nitrogens with two attached hydrogens (primary N) is 1. The Balaban J connectivity index is 0.000000605. The van der Waals surface area contributed by atoms with Gasteiger partial charge in [0.05, 0.1) is 6.20 Å². The second-order valence-electron chi connectivity index (χ2n) is 2.12. The second-order valence-corrected chi connectivity index (χ2v) is 3.36. The summed E-state index contributed by atoms with van der Waals surface area (Å²) in [5.74, 6) is 0.755. The minimum absolute atomic E-state index is 0. The van der Waals surface area contributed by atoms with E-state index in [9.17, 15) is 0 Å². The highest BCUT2D eigenvalue weighted by molar-refractivity contribution is 7.17. The molecule has 0 bridgehead atoms. The Kier molecular flexibility index (Phi) is 2.06. The maximum atomic E-state index is 5.69. The molecule has 0 radical (unpaired) electrons. The second kappa shape index (κ2) is 2.71. The fraction of sp³-hybridized carbons (Fsp3) is 0.167. The fourth-order valence-electron chi connectivity index (χ4n) is 0.908. The van der Waals surface area contributed by atoms with Gasteiger partial charge in [0.2, 0.25) is 0 Å². The van der Waals surface area contributed by atoms with Gasteiger partial charge < -0.3 is 5.73 Å². The first-order chi connectivity index (χ1) is 4.79. The highest BCUT2D eigenvalue weighted by Gasteiger charge is 2.03. The van der Waals surface area contributed by atoms with Crippen molar-refractivity contribution in [2.75, 3.05) is 5.73 Å². The van der Waals surface area contributed by atoms with Gasteiger partial charge in [-0.1, -0.05) is 0 Å². The minimum atomic E-state index is 0. The van der Waals surface area contributed by atoms with Gasteiger partial charge in [-0.2, -0.15) is 5.10 Å². The molecular weight excluding hydrogens is 182 g/mol. The Morgan fingerprint density at radius 2 is 2.36 bits per heavy atom. The molecule has 2 aromatic heterocycles. The van der Waals surface area contributed by atoms with Crippen LogP contribution in [-0.4, -0.2) is 9.61 Å². The Hall–Kier alpha value is -0.740. The molecule has 2 aromatic rings. The summed E-state index contributed by atoms with van der Waals surface area (Å²) in [5.41, 5.74) is 5.69. The molecule has 0 fully saturated rings. The number of aryl methyl sites for hydroxylation is 1. The quantitative estimate of drug-likeness (QED) is 0.686. The number of nitrogens with zero attached hydrogens (tertiary/aromatic N) is 2. The number of rotatable bonds is 0. The van der Waals surface area contributed by atoms with Crippen molar-refractivity contribution in [3.8, 4) is 0 Å². The SMILES string of the molecule is Cc1sc2ccnn2c1N.Cl. The van der Waals surface area contributed by atoms with Gasteiger partial charge in [0.15, 0.2) is 0 Å². The zero-order valence-corrected chi connectivity index (χ0v) is 7.58. The highest BCUT2D eigenvalue weighted by atomic mass is 35.5. The number of hydrogen-bond donors (Lipinski definition) is 1. The lowest BCUT2D eigenvalue weighted by Gasteiger charge is -1.86. The number of nitrogen functional groups attached to an aromatic ring is 1. The van der Waals surface area contributed by atoms with Crippen LogP contribution in [-0.2, 0) is 0 Å². The Morgan fingerprint density at radius 3 is 3.00 bits per heavy atom. The lowest BCUT2D eigenvalue weighted by atomic mass is 10.6. The van der Waals surface area contributed by atoms with Crippen LogP contribution >= 0.6 is 23.7 Å². The third-order valence-electron chi connectivity index (χ3n) is 1.45. The van der Waals surface area contributed by atoms with E-state index in [-0.39, 0.29) is 12.4 Å². The van der Waals surface area contributed by atoms with Crippen LogP contribution in [0.2, 0.25) is 0 Å². The molecule has 0 saturated carbocycles. The lowest BCUT2D eigenvalue weighted by Crippen LogP contribution is -1.93. The number of fused-ring (bicyclic) bond motifs is 1. The molecule has 0 spiro atoms. The smallest absolute Gasteiger partial charge is 0.139 e. The highest BCUT2D eigenvalue weighted by Crippen LogP contribution is 2.22. The van der Waals surface area contributed by atoms with Crippen LogP contribution in [0.15, 0.2) is 12.3 Å². The fourth-order valence-corrected chi connectivity index (χ4v) is 1.77. The third-order valence-corrected chi connectivity index (χ3v) is 2.49. The van der Waals surface area contributed by atoms with E-state index in [1.807, 2.05) is 13.0 Å². The zero-order chi connectivity index (χ0) is 7.14. The first-order valence-electron chi connectivity index (χ1n) is 2.97. The largest absolute Gasteiger partial charge is 0.383 e. The molecule has 0 saturated heterocycles. The molecule has 0 amide bonds. The molecule has 2 N–H and O–H groups in total. The first kappa shape index (κ1) is 8.36. The van der Waals surface area contributed by atoms with Gasteiger partial charge in [0.1, 0.15) is 10.6 Å². The number of halogens is 1. The van der Waals surface area contributed by atoms with Gasteiger partial charge in [-0.15, -0.1) is 23.7 Å². The number of aromatic nitrogens is 2. The molecule has 5 heteroatoms. The van der Waals surface area contributed by atoms with Crippen molar-refractivity contribution >= 4 is 34.4 Å². The summed E-state index contributed by atoms with van der Waals surface area (Å²) in [4.78, 5) is 2.23. The normalized spacial score (nSPS) is 9.91. The lowest BCUT2D eigenvalue weighted by molar-refractivity contribution is 0.985. The molecule has 3 nitrogen and oxygen atoms in total. The number of thiazole rings is 1. The van der Waals surface area contributed by atoms with E-state index >= 15 is 0 Å². The van der Waals surface area contributed by atoms with Crippen molar-refractivity contribution < 1.29 is 0 Å². The van der Waals surface area contributed by atoms with Crippen molar-refractivity contribution in [3.05, 3.63) is 17.1 Å². The zero-order valence-electron chi connectivity index (χ0n) is 5.94. The molecule has 0 aliphatic rings. The van der Waals surface area contributed by atoms with Crippen LogP contribution in [0.4, 0.5) is 5.82 Å². The Bertz CT molecular complexity index is 365. The summed E-state index contributed by atoms with van der Waals surface area (Å²) in [6.07, 6.45) is 1.75. The number of anilines is 1. The summed E-state index contributed by atoms with van der Waals surface area (Å²) in [5, 5.41) is 4.04. The van der Waals surface area contributed by atoms with Crippen LogP contribution in [0.1, 0.15) is 4.88 Å². The molecule has 0 aromatic carbocycles. The standard InChI is InChI=1S/C6H7N3S.ClH/c1-4-6(7)9-5(10-4)2-3-8-9;/h2-3H,7H2,1H3;1H. The van der Waals surface area contributed by atoms with E-state index < -0.39 is 0 Å². The number of hydrogen-bond acceptors (Lipinski definition) is 3. The molecule has 0 unspecified atom stereocenters. The summed E-state index contributed by atoms with van der Waals surface area (Å²) >= 11 is 1.66. The van der Waals surface area contributed by atoms with E-state index in [0.29, 0.717) is 0 Å². The average Bonchev–Trinajstić information content (AvgIpc) is 2.41. The van der Waals surface area contributed by atoms with E-state index in [2.05, 4.69) is 5.10 Å². The van der Waals surface area contributed by atoms with Gasteiger partial charge >= 0.3 is 0 Å². The Labute approximate surface area is 74.2 Å². The molecule has 60 valence electrons. The summed E-state index contributed by atoms with van der Waals surface area (Å²) in [7, 11) is 0. The van der Waals surface area contributed by atoms with Crippen LogP contribution in [0.3, 0.4) is 0 Å².